The van der Waals surface area contributed by atoms with Crippen molar-refractivity contribution in [2.45, 2.75) is 35.5 Å². The summed E-state index contributed by atoms with van der Waals surface area (Å²) >= 11 is 3.16. The smallest absolute Gasteiger partial charge is 0.226 e. The van der Waals surface area contributed by atoms with Gasteiger partial charge < -0.3 is 15.4 Å². The number of nitrogens with zero attached hydrogens (tertiary/aromatic N) is 2. The number of aryl methyl sites for hydroxylation is 2. The fourth-order valence-corrected chi connectivity index (χ4v) is 4.32. The Kier molecular flexibility index (Phi) is 7.64. The number of ether oxygens (including phenoxy) is 1. The molecule has 1 saturated heterocycles. The Hall–Kier alpha value is -1.19. The molecule has 1 unspecified atom stereocenters. The van der Waals surface area contributed by atoms with E-state index in [0.717, 1.165) is 32.0 Å². The van der Waals surface area contributed by atoms with E-state index in [9.17, 15) is 4.79 Å². The number of carbonyl (C=O) groups excluding carboxylic acids is 1. The second kappa shape index (κ2) is 9.49. The quantitative estimate of drug-likeness (QED) is 0.803. The molecule has 136 valence electrons. The maximum atomic E-state index is 12.2. The van der Waals surface area contributed by atoms with Gasteiger partial charge in [-0.15, -0.1) is 22.6 Å². The number of hydrogen-bond donors (Lipinski definition) is 2. The average Bonchev–Trinajstić information content (AvgIpc) is 2.96. The Morgan fingerprint density at radius 1 is 1.44 bits per heavy atom. The standard InChI is InChI=1S/C16H20N4O2S2.ClH/c1-10-7-13(24-16-20-19-11(2)23-16)3-4-14(10)18-15(21)8-12-9-22-6-5-17-12;/h3-4,7,12,17H,5-6,8-9H2,1-2H3,(H,18,21);1H. The third kappa shape index (κ3) is 5.93. The third-order valence-electron chi connectivity index (χ3n) is 3.61. The van der Waals surface area contributed by atoms with Crippen LogP contribution in [0, 0.1) is 13.8 Å². The van der Waals surface area contributed by atoms with Crippen LogP contribution in [0.2, 0.25) is 0 Å². The van der Waals surface area contributed by atoms with E-state index >= 15 is 0 Å². The molecule has 6 nitrogen and oxygen atoms in total. The van der Waals surface area contributed by atoms with Crippen molar-refractivity contribution in [3.63, 3.8) is 0 Å². The van der Waals surface area contributed by atoms with E-state index in [1.165, 1.54) is 0 Å². The fraction of sp³-hybridized carbons (Fsp3) is 0.438. The molecule has 0 saturated carbocycles. The highest BCUT2D eigenvalue weighted by Gasteiger charge is 2.17. The highest BCUT2D eigenvalue weighted by atomic mass is 35.5. The number of rotatable bonds is 5. The molecular formula is C16H21ClN4O2S2. The molecule has 2 aromatic rings. The van der Waals surface area contributed by atoms with E-state index in [1.54, 1.807) is 23.1 Å². The molecule has 1 aliphatic rings. The molecule has 25 heavy (non-hydrogen) atoms. The number of anilines is 1. The van der Waals surface area contributed by atoms with E-state index in [-0.39, 0.29) is 24.4 Å². The van der Waals surface area contributed by atoms with Gasteiger partial charge in [-0.3, -0.25) is 4.79 Å². The van der Waals surface area contributed by atoms with Gasteiger partial charge in [0.25, 0.3) is 0 Å². The molecular weight excluding hydrogens is 380 g/mol. The number of halogens is 1. The largest absolute Gasteiger partial charge is 0.378 e. The van der Waals surface area contributed by atoms with E-state index in [2.05, 4.69) is 26.9 Å². The highest BCUT2D eigenvalue weighted by molar-refractivity contribution is 8.01. The van der Waals surface area contributed by atoms with Gasteiger partial charge in [-0.1, -0.05) is 23.1 Å². The third-order valence-corrected chi connectivity index (χ3v) is 5.49. The summed E-state index contributed by atoms with van der Waals surface area (Å²) < 4.78 is 6.30. The van der Waals surface area contributed by atoms with Crippen LogP contribution in [0.25, 0.3) is 0 Å². The zero-order valence-electron chi connectivity index (χ0n) is 14.1. The van der Waals surface area contributed by atoms with Crippen molar-refractivity contribution in [3.8, 4) is 0 Å². The maximum Gasteiger partial charge on any atom is 0.226 e. The lowest BCUT2D eigenvalue weighted by Crippen LogP contribution is -2.43. The minimum atomic E-state index is 0. The van der Waals surface area contributed by atoms with Gasteiger partial charge in [0.2, 0.25) is 5.91 Å². The Morgan fingerprint density at radius 2 is 2.28 bits per heavy atom. The number of amides is 1. The summed E-state index contributed by atoms with van der Waals surface area (Å²) in [5, 5.41) is 15.4. The lowest BCUT2D eigenvalue weighted by atomic mass is 10.1. The summed E-state index contributed by atoms with van der Waals surface area (Å²) in [4.78, 5) is 13.3. The van der Waals surface area contributed by atoms with Crippen LogP contribution in [0.4, 0.5) is 5.69 Å². The number of hydrogen-bond acceptors (Lipinski definition) is 7. The van der Waals surface area contributed by atoms with Crippen LogP contribution in [-0.2, 0) is 9.53 Å². The van der Waals surface area contributed by atoms with Gasteiger partial charge in [0.15, 0.2) is 4.34 Å². The molecule has 0 aliphatic carbocycles. The number of morpholine rings is 1. The molecule has 1 amide bonds. The van der Waals surface area contributed by atoms with Gasteiger partial charge in [-0.2, -0.15) is 0 Å². The summed E-state index contributed by atoms with van der Waals surface area (Å²) in [7, 11) is 0. The van der Waals surface area contributed by atoms with Crippen LogP contribution >= 0.6 is 35.5 Å². The number of benzene rings is 1. The first-order valence-electron chi connectivity index (χ1n) is 7.80. The Labute approximate surface area is 161 Å². The second-order valence-corrected chi connectivity index (χ2v) is 8.15. The molecule has 1 fully saturated rings. The van der Waals surface area contributed by atoms with Crippen LogP contribution in [0.3, 0.4) is 0 Å². The molecule has 2 N–H and O–H groups in total. The van der Waals surface area contributed by atoms with Crippen LogP contribution in [0.15, 0.2) is 27.4 Å². The molecule has 1 aromatic heterocycles. The predicted octanol–water partition coefficient (Wildman–Crippen LogP) is 3.04. The van der Waals surface area contributed by atoms with Crippen LogP contribution < -0.4 is 10.6 Å². The summed E-state index contributed by atoms with van der Waals surface area (Å²) in [6.45, 7) is 6.03. The zero-order chi connectivity index (χ0) is 16.9. The molecule has 0 bridgehead atoms. The highest BCUT2D eigenvalue weighted by Crippen LogP contribution is 2.32. The molecule has 1 aliphatic heterocycles. The van der Waals surface area contributed by atoms with Crippen LogP contribution in [-0.4, -0.2) is 41.9 Å². The van der Waals surface area contributed by atoms with E-state index in [4.69, 9.17) is 4.74 Å². The number of aromatic nitrogens is 2. The van der Waals surface area contributed by atoms with Gasteiger partial charge in [0.1, 0.15) is 5.01 Å². The monoisotopic (exact) mass is 400 g/mol. The van der Waals surface area contributed by atoms with Gasteiger partial charge in [-0.25, -0.2) is 0 Å². The normalized spacial score (nSPS) is 17.0. The SMILES string of the molecule is Cc1nnc(Sc2ccc(NC(=O)CC3COCCN3)c(C)c2)s1.Cl. The first-order valence-corrected chi connectivity index (χ1v) is 9.43. The van der Waals surface area contributed by atoms with E-state index < -0.39 is 0 Å². The Bertz CT molecular complexity index is 720. The van der Waals surface area contributed by atoms with Crippen molar-refractivity contribution in [2.75, 3.05) is 25.1 Å². The number of carbonyl (C=O) groups is 1. The van der Waals surface area contributed by atoms with E-state index in [0.29, 0.717) is 19.6 Å². The summed E-state index contributed by atoms with van der Waals surface area (Å²) in [5.74, 6) is 0.00116. The summed E-state index contributed by atoms with van der Waals surface area (Å²) in [5.41, 5.74) is 1.87. The van der Waals surface area contributed by atoms with Gasteiger partial charge in [-0.05, 0) is 37.6 Å². The second-order valence-electron chi connectivity index (χ2n) is 5.64. The van der Waals surface area contributed by atoms with Crippen molar-refractivity contribution < 1.29 is 9.53 Å². The Morgan fingerprint density at radius 3 is 2.92 bits per heavy atom. The Balaban J connectivity index is 0.00000225. The lowest BCUT2D eigenvalue weighted by Gasteiger charge is -2.23. The molecule has 1 aromatic carbocycles. The van der Waals surface area contributed by atoms with Crippen molar-refractivity contribution in [2.24, 2.45) is 0 Å². The fourth-order valence-electron chi connectivity index (χ4n) is 2.44. The molecule has 0 radical (unpaired) electrons. The zero-order valence-corrected chi connectivity index (χ0v) is 16.5. The first kappa shape index (κ1) is 20.1. The van der Waals surface area contributed by atoms with Crippen molar-refractivity contribution in [1.82, 2.24) is 15.5 Å². The van der Waals surface area contributed by atoms with E-state index in [1.807, 2.05) is 26.0 Å². The van der Waals surface area contributed by atoms with Crippen molar-refractivity contribution in [1.29, 1.82) is 0 Å². The predicted molar refractivity (Wildman–Crippen MR) is 103 cm³/mol. The molecule has 3 rings (SSSR count). The average molecular weight is 401 g/mol. The number of nitrogens with one attached hydrogen (secondary N) is 2. The van der Waals surface area contributed by atoms with Crippen molar-refractivity contribution in [3.05, 3.63) is 28.8 Å². The lowest BCUT2D eigenvalue weighted by molar-refractivity contribution is -0.117. The van der Waals surface area contributed by atoms with Gasteiger partial charge >= 0.3 is 0 Å². The van der Waals surface area contributed by atoms with Crippen LogP contribution in [0.1, 0.15) is 17.0 Å². The molecule has 1 atom stereocenters. The maximum absolute atomic E-state index is 12.2. The summed E-state index contributed by atoms with van der Waals surface area (Å²) in [6, 6.07) is 6.08. The first-order chi connectivity index (χ1) is 11.6. The molecule has 9 heteroatoms. The summed E-state index contributed by atoms with van der Waals surface area (Å²) in [6.07, 6.45) is 0.417. The van der Waals surface area contributed by atoms with Crippen LogP contribution in [0.5, 0.6) is 0 Å². The van der Waals surface area contributed by atoms with Crippen molar-refractivity contribution >= 4 is 47.1 Å². The molecule has 0 spiro atoms. The topological polar surface area (TPSA) is 76.1 Å². The van der Waals surface area contributed by atoms with Gasteiger partial charge in [0.05, 0.1) is 13.2 Å². The molecule has 2 heterocycles. The van der Waals surface area contributed by atoms with Gasteiger partial charge in [0, 0.05) is 29.6 Å². The minimum Gasteiger partial charge on any atom is -0.378 e. The minimum absolute atomic E-state index is 0.